The summed E-state index contributed by atoms with van der Waals surface area (Å²) >= 11 is 0. The van der Waals surface area contributed by atoms with Crippen LogP contribution in [-0.4, -0.2) is 18.6 Å². The molecule has 3 aromatic rings. The molecule has 0 fully saturated rings. The van der Waals surface area contributed by atoms with Gasteiger partial charge in [0.05, 0.1) is 0 Å². The number of nitrogens with one attached hydrogen (secondary N) is 1. The van der Waals surface area contributed by atoms with Gasteiger partial charge in [-0.3, -0.25) is 4.79 Å². The number of hydrogen-bond acceptors (Lipinski definition) is 3. The van der Waals surface area contributed by atoms with Crippen LogP contribution in [0.25, 0.3) is 0 Å². The van der Waals surface area contributed by atoms with Crippen molar-refractivity contribution in [1.82, 2.24) is 5.32 Å². The fourth-order valence-electron chi connectivity index (χ4n) is 2.94. The van der Waals surface area contributed by atoms with Crippen LogP contribution in [0.15, 0.2) is 84.9 Å². The highest BCUT2D eigenvalue weighted by Crippen LogP contribution is 2.18. The van der Waals surface area contributed by atoms with Gasteiger partial charge in [-0.1, -0.05) is 60.7 Å². The summed E-state index contributed by atoms with van der Waals surface area (Å²) in [5.41, 5.74) is 2.39. The summed E-state index contributed by atoms with van der Waals surface area (Å²) in [4.78, 5) is 12.1. The standard InChI is InChI=1S/C25H27NO3/c1-20(12-13-21-8-4-2-5-9-21)26-25(27)19-29-24-16-14-23(15-17-24)28-18-22-10-6-3-7-11-22/h2-11,14-17,20H,12-13,18-19H2,1H3,(H,26,27)/t20-/m0/s1. The molecule has 0 unspecified atom stereocenters. The first-order valence-corrected chi connectivity index (χ1v) is 9.92. The minimum Gasteiger partial charge on any atom is -0.489 e. The molecule has 0 radical (unpaired) electrons. The van der Waals surface area contributed by atoms with E-state index in [2.05, 4.69) is 17.4 Å². The van der Waals surface area contributed by atoms with Gasteiger partial charge in [0.25, 0.3) is 5.91 Å². The van der Waals surface area contributed by atoms with E-state index < -0.39 is 0 Å². The fourth-order valence-corrected chi connectivity index (χ4v) is 2.94. The Labute approximate surface area is 172 Å². The van der Waals surface area contributed by atoms with E-state index in [1.54, 1.807) is 0 Å². The van der Waals surface area contributed by atoms with Gasteiger partial charge in [0.15, 0.2) is 6.61 Å². The summed E-state index contributed by atoms with van der Waals surface area (Å²) < 4.78 is 11.3. The molecular weight excluding hydrogens is 362 g/mol. The van der Waals surface area contributed by atoms with Gasteiger partial charge in [0.2, 0.25) is 0 Å². The van der Waals surface area contributed by atoms with Crippen molar-refractivity contribution >= 4 is 5.91 Å². The number of ether oxygens (including phenoxy) is 2. The Morgan fingerprint density at radius 2 is 1.34 bits per heavy atom. The second kappa shape index (κ2) is 10.9. The lowest BCUT2D eigenvalue weighted by atomic mass is 10.1. The highest BCUT2D eigenvalue weighted by molar-refractivity contribution is 5.77. The van der Waals surface area contributed by atoms with Gasteiger partial charge in [-0.2, -0.15) is 0 Å². The predicted octanol–water partition coefficient (Wildman–Crippen LogP) is 4.78. The first-order valence-electron chi connectivity index (χ1n) is 9.92. The quantitative estimate of drug-likeness (QED) is 0.543. The summed E-state index contributed by atoms with van der Waals surface area (Å²) in [5, 5.41) is 2.98. The topological polar surface area (TPSA) is 47.6 Å². The van der Waals surface area contributed by atoms with Crippen LogP contribution in [0.4, 0.5) is 0 Å². The molecule has 4 heteroatoms. The lowest BCUT2D eigenvalue weighted by Crippen LogP contribution is -2.36. The van der Waals surface area contributed by atoms with Crippen molar-refractivity contribution in [2.75, 3.05) is 6.61 Å². The molecule has 0 bridgehead atoms. The van der Waals surface area contributed by atoms with Crippen LogP contribution in [0.2, 0.25) is 0 Å². The molecule has 0 saturated heterocycles. The van der Waals surface area contributed by atoms with Crippen molar-refractivity contribution in [3.05, 3.63) is 96.1 Å². The first-order chi connectivity index (χ1) is 14.2. The smallest absolute Gasteiger partial charge is 0.258 e. The SMILES string of the molecule is C[C@@H](CCc1ccccc1)NC(=O)COc1ccc(OCc2ccccc2)cc1. The number of amides is 1. The molecule has 0 heterocycles. The fraction of sp³-hybridized carbons (Fsp3) is 0.240. The number of carbonyl (C=O) groups is 1. The van der Waals surface area contributed by atoms with Gasteiger partial charge in [-0.05, 0) is 55.2 Å². The Bertz CT molecular complexity index is 864. The average molecular weight is 389 g/mol. The zero-order chi connectivity index (χ0) is 20.3. The summed E-state index contributed by atoms with van der Waals surface area (Å²) in [6, 6.07) is 27.7. The van der Waals surface area contributed by atoms with Crippen LogP contribution in [0, 0.1) is 0 Å². The lowest BCUT2D eigenvalue weighted by Gasteiger charge is -2.14. The zero-order valence-corrected chi connectivity index (χ0v) is 16.7. The van der Waals surface area contributed by atoms with E-state index in [1.165, 1.54) is 5.56 Å². The van der Waals surface area contributed by atoms with Crippen LogP contribution in [0.1, 0.15) is 24.5 Å². The molecule has 3 rings (SSSR count). The van der Waals surface area contributed by atoms with Crippen LogP contribution < -0.4 is 14.8 Å². The maximum absolute atomic E-state index is 12.1. The molecule has 0 aliphatic heterocycles. The summed E-state index contributed by atoms with van der Waals surface area (Å²) in [7, 11) is 0. The van der Waals surface area contributed by atoms with E-state index in [0.29, 0.717) is 12.4 Å². The van der Waals surface area contributed by atoms with Crippen LogP contribution in [-0.2, 0) is 17.8 Å². The Balaban J connectivity index is 1.36. The maximum Gasteiger partial charge on any atom is 0.258 e. The third kappa shape index (κ3) is 7.34. The van der Waals surface area contributed by atoms with E-state index >= 15 is 0 Å². The Hall–Kier alpha value is -3.27. The predicted molar refractivity (Wildman–Crippen MR) is 115 cm³/mol. The number of rotatable bonds is 10. The molecule has 0 spiro atoms. The third-order valence-electron chi connectivity index (χ3n) is 4.56. The van der Waals surface area contributed by atoms with Crippen LogP contribution in [0.3, 0.4) is 0 Å². The molecule has 4 nitrogen and oxygen atoms in total. The molecule has 29 heavy (non-hydrogen) atoms. The Morgan fingerprint density at radius 3 is 1.97 bits per heavy atom. The number of carbonyl (C=O) groups excluding carboxylic acids is 1. The Morgan fingerprint density at radius 1 is 0.793 bits per heavy atom. The largest absolute Gasteiger partial charge is 0.489 e. The van der Waals surface area contributed by atoms with E-state index in [0.717, 1.165) is 24.2 Å². The second-order valence-corrected chi connectivity index (χ2v) is 7.03. The third-order valence-corrected chi connectivity index (χ3v) is 4.56. The Kier molecular flexibility index (Phi) is 7.70. The zero-order valence-electron chi connectivity index (χ0n) is 16.7. The van der Waals surface area contributed by atoms with Crippen molar-refractivity contribution in [3.8, 4) is 11.5 Å². The van der Waals surface area contributed by atoms with Crippen LogP contribution >= 0.6 is 0 Å². The van der Waals surface area contributed by atoms with E-state index in [4.69, 9.17) is 9.47 Å². The number of benzene rings is 3. The van der Waals surface area contributed by atoms with Gasteiger partial charge in [-0.15, -0.1) is 0 Å². The van der Waals surface area contributed by atoms with Gasteiger partial charge in [0.1, 0.15) is 18.1 Å². The van der Waals surface area contributed by atoms with Crippen LogP contribution in [0.5, 0.6) is 11.5 Å². The van der Waals surface area contributed by atoms with E-state index in [9.17, 15) is 4.79 Å². The second-order valence-electron chi connectivity index (χ2n) is 7.03. The van der Waals surface area contributed by atoms with Crippen molar-refractivity contribution in [3.63, 3.8) is 0 Å². The number of hydrogen-bond donors (Lipinski definition) is 1. The van der Waals surface area contributed by atoms with Gasteiger partial charge < -0.3 is 14.8 Å². The molecule has 150 valence electrons. The average Bonchev–Trinajstić information content (AvgIpc) is 2.77. The normalized spacial score (nSPS) is 11.5. The molecule has 1 atom stereocenters. The molecular formula is C25H27NO3. The van der Waals surface area contributed by atoms with Crippen molar-refractivity contribution in [2.45, 2.75) is 32.4 Å². The molecule has 0 aromatic heterocycles. The monoisotopic (exact) mass is 389 g/mol. The molecule has 0 saturated carbocycles. The summed E-state index contributed by atoms with van der Waals surface area (Å²) in [6.45, 7) is 2.53. The van der Waals surface area contributed by atoms with E-state index in [-0.39, 0.29) is 18.6 Å². The molecule has 1 amide bonds. The number of aryl methyl sites for hydroxylation is 1. The van der Waals surface area contributed by atoms with Crippen molar-refractivity contribution < 1.29 is 14.3 Å². The van der Waals surface area contributed by atoms with Gasteiger partial charge in [-0.25, -0.2) is 0 Å². The lowest BCUT2D eigenvalue weighted by molar-refractivity contribution is -0.123. The molecule has 3 aromatic carbocycles. The summed E-state index contributed by atoms with van der Waals surface area (Å²) in [5.74, 6) is 1.29. The minimum atomic E-state index is -0.116. The maximum atomic E-state index is 12.1. The highest BCUT2D eigenvalue weighted by atomic mass is 16.5. The van der Waals surface area contributed by atoms with E-state index in [1.807, 2.05) is 79.7 Å². The molecule has 1 N–H and O–H groups in total. The van der Waals surface area contributed by atoms with Gasteiger partial charge in [0, 0.05) is 6.04 Å². The minimum absolute atomic E-state index is 0.000103. The first kappa shape index (κ1) is 20.5. The highest BCUT2D eigenvalue weighted by Gasteiger charge is 2.08. The molecule has 0 aliphatic carbocycles. The van der Waals surface area contributed by atoms with Crippen molar-refractivity contribution in [1.29, 1.82) is 0 Å². The van der Waals surface area contributed by atoms with Crippen molar-refractivity contribution in [2.24, 2.45) is 0 Å². The van der Waals surface area contributed by atoms with Gasteiger partial charge >= 0.3 is 0 Å². The summed E-state index contributed by atoms with van der Waals surface area (Å²) in [6.07, 6.45) is 1.83. The molecule has 0 aliphatic rings.